The summed E-state index contributed by atoms with van der Waals surface area (Å²) >= 11 is 4.97. The Morgan fingerprint density at radius 2 is 2.20 bits per heavy atom. The third-order valence-corrected chi connectivity index (χ3v) is 5.01. The Hall–Kier alpha value is -1.21. The number of aromatic nitrogens is 3. The molecular weight excluding hydrogens is 340 g/mol. The molecule has 2 rings (SSSR count). The van der Waals surface area contributed by atoms with Crippen molar-refractivity contribution in [1.29, 1.82) is 0 Å². The summed E-state index contributed by atoms with van der Waals surface area (Å²) in [4.78, 5) is 17.3. The monoisotopic (exact) mass is 356 g/mol. The second-order valence-electron chi connectivity index (χ2n) is 4.83. The van der Waals surface area contributed by atoms with Crippen LogP contribution in [0.5, 0.6) is 0 Å². The van der Waals surface area contributed by atoms with Gasteiger partial charge in [-0.25, -0.2) is 4.98 Å². The van der Waals surface area contributed by atoms with Gasteiger partial charge in [0.1, 0.15) is 0 Å². The molecule has 1 atom stereocenters. The Bertz CT molecular complexity index is 634. The quantitative estimate of drug-likeness (QED) is 0.913. The molecule has 0 spiro atoms. The molecule has 0 aliphatic heterocycles. The van der Waals surface area contributed by atoms with E-state index in [1.54, 1.807) is 6.20 Å². The van der Waals surface area contributed by atoms with Gasteiger partial charge in [0.05, 0.1) is 22.6 Å². The standard InChI is InChI=1S/C13H17BrN4OS/c1-7(6-18-10(4)11(14)9(3)17-18)12(19)16-13-15-5-8(2)20-13/h5,7H,6H2,1-4H3,(H,15,16,19). The molecule has 0 bridgehead atoms. The molecule has 1 N–H and O–H groups in total. The van der Waals surface area contributed by atoms with Crippen LogP contribution in [0.2, 0.25) is 0 Å². The van der Waals surface area contributed by atoms with Gasteiger partial charge in [-0.1, -0.05) is 6.92 Å². The first-order valence-corrected chi connectivity index (χ1v) is 7.92. The van der Waals surface area contributed by atoms with Gasteiger partial charge in [-0.3, -0.25) is 9.48 Å². The molecule has 1 unspecified atom stereocenters. The van der Waals surface area contributed by atoms with Gasteiger partial charge in [0.2, 0.25) is 5.91 Å². The fourth-order valence-corrected chi connectivity index (χ4v) is 2.79. The van der Waals surface area contributed by atoms with Gasteiger partial charge in [-0.05, 0) is 36.7 Å². The van der Waals surface area contributed by atoms with Crippen molar-refractivity contribution >= 4 is 38.3 Å². The number of carbonyl (C=O) groups is 1. The van der Waals surface area contributed by atoms with Gasteiger partial charge in [0.25, 0.3) is 0 Å². The number of nitrogens with zero attached hydrogens (tertiary/aromatic N) is 3. The Kier molecular flexibility index (Phi) is 4.59. The number of thiazole rings is 1. The van der Waals surface area contributed by atoms with Crippen molar-refractivity contribution in [2.75, 3.05) is 5.32 Å². The van der Waals surface area contributed by atoms with Crippen molar-refractivity contribution in [3.05, 3.63) is 26.9 Å². The number of aryl methyl sites for hydroxylation is 2. The molecule has 0 aliphatic carbocycles. The topological polar surface area (TPSA) is 59.8 Å². The van der Waals surface area contributed by atoms with E-state index in [4.69, 9.17) is 0 Å². The van der Waals surface area contributed by atoms with Gasteiger partial charge in [0.15, 0.2) is 5.13 Å². The maximum atomic E-state index is 12.1. The zero-order chi connectivity index (χ0) is 14.9. The summed E-state index contributed by atoms with van der Waals surface area (Å²) in [7, 11) is 0. The van der Waals surface area contributed by atoms with Crippen LogP contribution >= 0.6 is 27.3 Å². The molecule has 5 nitrogen and oxygen atoms in total. The molecule has 108 valence electrons. The van der Waals surface area contributed by atoms with Gasteiger partial charge in [-0.15, -0.1) is 11.3 Å². The highest BCUT2D eigenvalue weighted by molar-refractivity contribution is 9.10. The van der Waals surface area contributed by atoms with E-state index >= 15 is 0 Å². The predicted molar refractivity (Wildman–Crippen MR) is 84.0 cm³/mol. The smallest absolute Gasteiger partial charge is 0.230 e. The minimum absolute atomic E-state index is 0.0389. The molecule has 0 saturated carbocycles. The summed E-state index contributed by atoms with van der Waals surface area (Å²) < 4.78 is 2.86. The normalized spacial score (nSPS) is 12.4. The Morgan fingerprint density at radius 1 is 1.50 bits per heavy atom. The van der Waals surface area contributed by atoms with Gasteiger partial charge >= 0.3 is 0 Å². The van der Waals surface area contributed by atoms with E-state index in [0.29, 0.717) is 11.7 Å². The SMILES string of the molecule is Cc1cnc(NC(=O)C(C)Cn2nc(C)c(Br)c2C)s1. The summed E-state index contributed by atoms with van der Waals surface area (Å²) in [5, 5.41) is 7.91. The van der Waals surface area contributed by atoms with Crippen LogP contribution < -0.4 is 5.32 Å². The maximum absolute atomic E-state index is 12.1. The minimum Gasteiger partial charge on any atom is -0.302 e. The van der Waals surface area contributed by atoms with Gasteiger partial charge in [-0.2, -0.15) is 5.10 Å². The number of anilines is 1. The predicted octanol–water partition coefficient (Wildman–Crippen LogP) is 3.30. The molecule has 2 aromatic heterocycles. The van der Waals surface area contributed by atoms with Crippen LogP contribution in [0, 0.1) is 26.7 Å². The molecule has 1 amide bonds. The largest absolute Gasteiger partial charge is 0.302 e. The highest BCUT2D eigenvalue weighted by atomic mass is 79.9. The summed E-state index contributed by atoms with van der Waals surface area (Å²) in [6, 6.07) is 0. The lowest BCUT2D eigenvalue weighted by Gasteiger charge is -2.12. The van der Waals surface area contributed by atoms with E-state index in [2.05, 4.69) is 31.3 Å². The van der Waals surface area contributed by atoms with Gasteiger partial charge in [0, 0.05) is 16.8 Å². The zero-order valence-electron chi connectivity index (χ0n) is 11.9. The summed E-state index contributed by atoms with van der Waals surface area (Å²) in [6.07, 6.45) is 1.75. The van der Waals surface area contributed by atoms with Crippen LogP contribution in [0.3, 0.4) is 0 Å². The highest BCUT2D eigenvalue weighted by Crippen LogP contribution is 2.21. The summed E-state index contributed by atoms with van der Waals surface area (Å²) in [6.45, 7) is 8.33. The lowest BCUT2D eigenvalue weighted by Crippen LogP contribution is -2.25. The molecule has 0 radical (unpaired) electrons. The van der Waals surface area contributed by atoms with E-state index in [1.165, 1.54) is 11.3 Å². The van der Waals surface area contributed by atoms with E-state index in [9.17, 15) is 4.79 Å². The molecular formula is C13H17BrN4OS. The molecule has 0 aromatic carbocycles. The number of hydrogen-bond donors (Lipinski definition) is 1. The first kappa shape index (κ1) is 15.2. The highest BCUT2D eigenvalue weighted by Gasteiger charge is 2.18. The molecule has 2 heterocycles. The lowest BCUT2D eigenvalue weighted by atomic mass is 10.1. The minimum atomic E-state index is -0.177. The van der Waals surface area contributed by atoms with Crippen molar-refractivity contribution in [3.63, 3.8) is 0 Å². The van der Waals surface area contributed by atoms with Crippen molar-refractivity contribution < 1.29 is 4.79 Å². The van der Waals surface area contributed by atoms with Crippen molar-refractivity contribution in [3.8, 4) is 0 Å². The Morgan fingerprint density at radius 3 is 2.70 bits per heavy atom. The summed E-state index contributed by atoms with van der Waals surface area (Å²) in [5.74, 6) is -0.216. The van der Waals surface area contributed by atoms with Gasteiger partial charge < -0.3 is 5.32 Å². The Balaban J connectivity index is 2.02. The third-order valence-electron chi connectivity index (χ3n) is 3.04. The van der Waals surface area contributed by atoms with Crippen LogP contribution in [0.4, 0.5) is 5.13 Å². The lowest BCUT2D eigenvalue weighted by molar-refractivity contribution is -0.119. The zero-order valence-corrected chi connectivity index (χ0v) is 14.3. The second-order valence-corrected chi connectivity index (χ2v) is 6.86. The van der Waals surface area contributed by atoms with Crippen LogP contribution in [0.25, 0.3) is 0 Å². The number of hydrogen-bond acceptors (Lipinski definition) is 4. The maximum Gasteiger partial charge on any atom is 0.230 e. The third kappa shape index (κ3) is 3.27. The molecule has 0 aliphatic rings. The van der Waals surface area contributed by atoms with Crippen LogP contribution in [-0.2, 0) is 11.3 Å². The number of halogens is 1. The number of amides is 1. The fourth-order valence-electron chi connectivity index (χ4n) is 1.84. The van der Waals surface area contributed by atoms with Crippen LogP contribution in [0.1, 0.15) is 23.2 Å². The van der Waals surface area contributed by atoms with E-state index in [1.807, 2.05) is 32.4 Å². The van der Waals surface area contributed by atoms with Crippen molar-refractivity contribution in [2.24, 2.45) is 5.92 Å². The number of nitrogens with one attached hydrogen (secondary N) is 1. The average Bonchev–Trinajstić information content (AvgIpc) is 2.89. The van der Waals surface area contributed by atoms with Crippen molar-refractivity contribution in [1.82, 2.24) is 14.8 Å². The molecule has 2 aromatic rings. The number of carbonyl (C=O) groups excluding carboxylic acids is 1. The average molecular weight is 357 g/mol. The van der Waals surface area contributed by atoms with E-state index in [-0.39, 0.29) is 11.8 Å². The first-order chi connectivity index (χ1) is 9.38. The van der Waals surface area contributed by atoms with Crippen molar-refractivity contribution in [2.45, 2.75) is 34.2 Å². The molecule has 0 fully saturated rings. The molecule has 7 heteroatoms. The van der Waals surface area contributed by atoms with Crippen LogP contribution in [0.15, 0.2) is 10.7 Å². The summed E-state index contributed by atoms with van der Waals surface area (Å²) in [5.41, 5.74) is 1.97. The Labute approximate surface area is 130 Å². The number of rotatable bonds is 4. The first-order valence-electron chi connectivity index (χ1n) is 6.31. The second kappa shape index (κ2) is 6.05. The molecule has 20 heavy (non-hydrogen) atoms. The van der Waals surface area contributed by atoms with Crippen LogP contribution in [-0.4, -0.2) is 20.7 Å². The molecule has 0 saturated heterocycles. The van der Waals surface area contributed by atoms with E-state index < -0.39 is 0 Å². The van der Waals surface area contributed by atoms with E-state index in [0.717, 1.165) is 20.7 Å². The fraction of sp³-hybridized carbons (Fsp3) is 0.462.